The SMILES string of the molecule is COc1cc(/C=C/C(=O)Nc2ccccc2S(C)(=O)=O)cc2c1OCCO2. The number of fused-ring (bicyclic) bond motifs is 1. The summed E-state index contributed by atoms with van der Waals surface area (Å²) in [5.41, 5.74) is 0.914. The van der Waals surface area contributed by atoms with Crippen molar-refractivity contribution in [2.45, 2.75) is 4.90 Å². The molecule has 0 saturated heterocycles. The summed E-state index contributed by atoms with van der Waals surface area (Å²) in [4.78, 5) is 12.3. The van der Waals surface area contributed by atoms with E-state index < -0.39 is 15.7 Å². The van der Waals surface area contributed by atoms with Crippen LogP contribution in [0.1, 0.15) is 5.56 Å². The third-order valence-corrected chi connectivity index (χ3v) is 4.98. The second-order valence-electron chi connectivity index (χ2n) is 5.84. The van der Waals surface area contributed by atoms with Gasteiger partial charge in [-0.25, -0.2) is 8.42 Å². The van der Waals surface area contributed by atoms with Crippen LogP contribution in [0.5, 0.6) is 17.2 Å². The number of anilines is 1. The summed E-state index contributed by atoms with van der Waals surface area (Å²) in [5.74, 6) is 1.13. The zero-order chi connectivity index (χ0) is 19.4. The predicted molar refractivity (Wildman–Crippen MR) is 101 cm³/mol. The fourth-order valence-corrected chi connectivity index (χ4v) is 3.47. The monoisotopic (exact) mass is 389 g/mol. The highest BCUT2D eigenvalue weighted by molar-refractivity contribution is 7.90. The second-order valence-corrected chi connectivity index (χ2v) is 7.82. The van der Waals surface area contributed by atoms with E-state index in [1.165, 1.54) is 25.3 Å². The molecule has 0 spiro atoms. The molecule has 1 aliphatic heterocycles. The first-order valence-corrected chi connectivity index (χ1v) is 10.0. The Labute approximate surface area is 157 Å². The molecular weight excluding hydrogens is 370 g/mol. The van der Waals surface area contributed by atoms with Crippen molar-refractivity contribution in [1.29, 1.82) is 0 Å². The quantitative estimate of drug-likeness (QED) is 0.790. The van der Waals surface area contributed by atoms with Crippen molar-refractivity contribution in [2.75, 3.05) is 31.9 Å². The Balaban J connectivity index is 1.80. The molecule has 1 N–H and O–H groups in total. The molecule has 7 nitrogen and oxygen atoms in total. The number of amides is 1. The van der Waals surface area contributed by atoms with E-state index in [4.69, 9.17) is 14.2 Å². The zero-order valence-corrected chi connectivity index (χ0v) is 15.7. The lowest BCUT2D eigenvalue weighted by molar-refractivity contribution is -0.111. The van der Waals surface area contributed by atoms with Gasteiger partial charge in [0.15, 0.2) is 21.3 Å². The van der Waals surface area contributed by atoms with Crippen LogP contribution in [0.25, 0.3) is 6.08 Å². The first-order valence-electron chi connectivity index (χ1n) is 8.14. The maximum atomic E-state index is 12.2. The second kappa shape index (κ2) is 7.71. The van der Waals surface area contributed by atoms with Crippen molar-refractivity contribution < 1.29 is 27.4 Å². The Morgan fingerprint density at radius 1 is 1.19 bits per heavy atom. The number of methoxy groups -OCH3 is 1. The fourth-order valence-electron chi connectivity index (χ4n) is 2.63. The number of benzene rings is 2. The predicted octanol–water partition coefficient (Wildman–Crippen LogP) is 2.52. The van der Waals surface area contributed by atoms with Crippen LogP contribution in [-0.2, 0) is 14.6 Å². The minimum absolute atomic E-state index is 0.0627. The normalized spacial score (nSPS) is 13.4. The number of rotatable bonds is 5. The van der Waals surface area contributed by atoms with Gasteiger partial charge in [-0.15, -0.1) is 0 Å². The first-order chi connectivity index (χ1) is 12.9. The number of para-hydroxylation sites is 1. The van der Waals surface area contributed by atoms with Crippen LogP contribution in [0.2, 0.25) is 0 Å². The van der Waals surface area contributed by atoms with Gasteiger partial charge >= 0.3 is 0 Å². The number of nitrogens with one attached hydrogen (secondary N) is 1. The number of sulfone groups is 1. The molecule has 0 radical (unpaired) electrons. The van der Waals surface area contributed by atoms with Gasteiger partial charge in [-0.1, -0.05) is 12.1 Å². The van der Waals surface area contributed by atoms with E-state index in [0.717, 1.165) is 6.26 Å². The summed E-state index contributed by atoms with van der Waals surface area (Å²) in [5, 5.41) is 2.59. The van der Waals surface area contributed by atoms with Gasteiger partial charge in [-0.2, -0.15) is 0 Å². The minimum Gasteiger partial charge on any atom is -0.493 e. The summed E-state index contributed by atoms with van der Waals surface area (Å²) < 4.78 is 40.0. The fraction of sp³-hybridized carbons (Fsp3) is 0.211. The zero-order valence-electron chi connectivity index (χ0n) is 14.9. The number of carbonyl (C=O) groups is 1. The summed E-state index contributed by atoms with van der Waals surface area (Å²) in [6.45, 7) is 0.882. The number of hydrogen-bond acceptors (Lipinski definition) is 6. The average molecular weight is 389 g/mol. The van der Waals surface area contributed by atoms with Gasteiger partial charge in [0.2, 0.25) is 11.7 Å². The number of ether oxygens (including phenoxy) is 3. The van der Waals surface area contributed by atoms with Crippen molar-refractivity contribution >= 4 is 27.5 Å². The van der Waals surface area contributed by atoms with Gasteiger partial charge in [0.25, 0.3) is 0 Å². The molecule has 142 valence electrons. The van der Waals surface area contributed by atoms with Crippen LogP contribution in [0, 0.1) is 0 Å². The Morgan fingerprint density at radius 3 is 2.67 bits per heavy atom. The Kier molecular flexibility index (Phi) is 5.36. The summed E-state index contributed by atoms with van der Waals surface area (Å²) in [7, 11) is -1.93. The summed E-state index contributed by atoms with van der Waals surface area (Å²) in [6, 6.07) is 9.70. The highest BCUT2D eigenvalue weighted by atomic mass is 32.2. The molecule has 1 heterocycles. The molecule has 8 heteroatoms. The lowest BCUT2D eigenvalue weighted by atomic mass is 10.1. The maximum Gasteiger partial charge on any atom is 0.248 e. The van der Waals surface area contributed by atoms with Crippen molar-refractivity contribution in [3.8, 4) is 17.2 Å². The molecule has 0 atom stereocenters. The van der Waals surface area contributed by atoms with E-state index in [0.29, 0.717) is 36.0 Å². The minimum atomic E-state index is -3.45. The average Bonchev–Trinajstić information content (AvgIpc) is 2.65. The van der Waals surface area contributed by atoms with Gasteiger partial charge < -0.3 is 19.5 Å². The molecule has 2 aromatic carbocycles. The van der Waals surface area contributed by atoms with Crippen LogP contribution in [-0.4, -0.2) is 40.9 Å². The van der Waals surface area contributed by atoms with Gasteiger partial charge in [0.1, 0.15) is 13.2 Å². The van der Waals surface area contributed by atoms with Gasteiger partial charge in [-0.3, -0.25) is 4.79 Å². The number of carbonyl (C=O) groups excluding carboxylic acids is 1. The molecule has 0 fully saturated rings. The van der Waals surface area contributed by atoms with E-state index in [1.807, 2.05) is 0 Å². The van der Waals surface area contributed by atoms with Crippen molar-refractivity contribution in [3.63, 3.8) is 0 Å². The van der Waals surface area contributed by atoms with Crippen LogP contribution in [0.15, 0.2) is 47.4 Å². The lowest BCUT2D eigenvalue weighted by Crippen LogP contribution is -2.16. The molecule has 27 heavy (non-hydrogen) atoms. The highest BCUT2D eigenvalue weighted by Gasteiger charge is 2.18. The van der Waals surface area contributed by atoms with Crippen LogP contribution in [0.4, 0.5) is 5.69 Å². The molecule has 1 amide bonds. The number of hydrogen-bond donors (Lipinski definition) is 1. The Morgan fingerprint density at radius 2 is 1.93 bits per heavy atom. The standard InChI is InChI=1S/C19H19NO6S/c1-24-15-11-13(12-16-19(15)26-10-9-25-16)7-8-18(21)20-14-5-3-4-6-17(14)27(2,22)23/h3-8,11-12H,9-10H2,1-2H3,(H,20,21)/b8-7+. The molecule has 0 bridgehead atoms. The topological polar surface area (TPSA) is 90.9 Å². The van der Waals surface area contributed by atoms with E-state index in [2.05, 4.69) is 5.32 Å². The lowest BCUT2D eigenvalue weighted by Gasteiger charge is -2.20. The van der Waals surface area contributed by atoms with Gasteiger partial charge in [-0.05, 0) is 35.9 Å². The molecule has 0 saturated carbocycles. The molecular formula is C19H19NO6S. The third-order valence-electron chi connectivity index (χ3n) is 3.82. The summed E-state index contributed by atoms with van der Waals surface area (Å²) in [6.07, 6.45) is 3.98. The van der Waals surface area contributed by atoms with Gasteiger partial charge in [0, 0.05) is 12.3 Å². The van der Waals surface area contributed by atoms with Crippen molar-refractivity contribution in [1.82, 2.24) is 0 Å². The largest absolute Gasteiger partial charge is 0.493 e. The maximum absolute atomic E-state index is 12.2. The van der Waals surface area contributed by atoms with Crippen LogP contribution < -0.4 is 19.5 Å². The van der Waals surface area contributed by atoms with E-state index in [-0.39, 0.29) is 10.6 Å². The smallest absolute Gasteiger partial charge is 0.248 e. The van der Waals surface area contributed by atoms with Crippen LogP contribution in [0.3, 0.4) is 0 Å². The third kappa shape index (κ3) is 4.40. The molecule has 2 aromatic rings. The molecule has 1 aliphatic rings. The first kappa shape index (κ1) is 18.8. The molecule has 0 aromatic heterocycles. The van der Waals surface area contributed by atoms with Crippen molar-refractivity contribution in [3.05, 3.63) is 48.0 Å². The van der Waals surface area contributed by atoms with E-state index in [1.54, 1.807) is 30.3 Å². The molecule has 0 aliphatic carbocycles. The Bertz CT molecular complexity index is 980. The van der Waals surface area contributed by atoms with E-state index in [9.17, 15) is 13.2 Å². The summed E-state index contributed by atoms with van der Waals surface area (Å²) >= 11 is 0. The highest BCUT2D eigenvalue weighted by Crippen LogP contribution is 2.40. The van der Waals surface area contributed by atoms with E-state index >= 15 is 0 Å². The molecule has 3 rings (SSSR count). The Hall–Kier alpha value is -3.00. The van der Waals surface area contributed by atoms with Gasteiger partial charge in [0.05, 0.1) is 17.7 Å². The van der Waals surface area contributed by atoms with Crippen LogP contribution >= 0.6 is 0 Å². The van der Waals surface area contributed by atoms with Crippen molar-refractivity contribution in [2.24, 2.45) is 0 Å². The molecule has 0 unspecified atom stereocenters.